The Morgan fingerprint density at radius 2 is 1.69 bits per heavy atom. The van der Waals surface area contributed by atoms with E-state index < -0.39 is 29.5 Å². The maximum absolute atomic E-state index is 13.6. The normalized spacial score (nSPS) is 16.9. The molecule has 5 nitrogen and oxygen atoms in total. The Morgan fingerprint density at radius 1 is 1.03 bits per heavy atom. The maximum Gasteiger partial charge on any atom is 0.418 e. The predicted molar refractivity (Wildman–Crippen MR) is 129 cm³/mol. The van der Waals surface area contributed by atoms with Crippen LogP contribution in [-0.2, 0) is 17.4 Å². The molecule has 0 aliphatic heterocycles. The molecule has 188 valence electrons. The van der Waals surface area contributed by atoms with E-state index in [2.05, 4.69) is 5.32 Å². The number of carboxylic acid groups (broad SMARTS) is 1. The average molecular weight is 498 g/mol. The third-order valence-corrected chi connectivity index (χ3v) is 6.37. The summed E-state index contributed by atoms with van der Waals surface area (Å²) in [6.45, 7) is 3.85. The van der Waals surface area contributed by atoms with Gasteiger partial charge in [0.25, 0.3) is 5.91 Å². The van der Waals surface area contributed by atoms with Crippen molar-refractivity contribution < 1.29 is 32.6 Å². The summed E-state index contributed by atoms with van der Waals surface area (Å²) < 4.78 is 46.8. The van der Waals surface area contributed by atoms with Crippen LogP contribution in [0.4, 0.5) is 18.9 Å². The number of aryl methyl sites for hydroxylation is 2. The monoisotopic (exact) mass is 497 g/mol. The Morgan fingerprint density at radius 3 is 2.28 bits per heavy atom. The fourth-order valence-corrected chi connectivity index (χ4v) is 4.46. The highest BCUT2D eigenvalue weighted by Gasteiger charge is 2.45. The van der Waals surface area contributed by atoms with E-state index in [4.69, 9.17) is 9.84 Å². The van der Waals surface area contributed by atoms with Crippen LogP contribution in [0.25, 0.3) is 0 Å². The molecule has 0 saturated heterocycles. The Hall–Kier alpha value is -3.81. The van der Waals surface area contributed by atoms with Gasteiger partial charge < -0.3 is 15.2 Å². The first-order valence-electron chi connectivity index (χ1n) is 11.6. The number of hydrogen-bond acceptors (Lipinski definition) is 3. The molecule has 1 fully saturated rings. The Bertz CT molecular complexity index is 1260. The smallest absolute Gasteiger partial charge is 0.418 e. The molecule has 0 spiro atoms. The number of anilines is 1. The minimum absolute atomic E-state index is 0.263. The van der Waals surface area contributed by atoms with Gasteiger partial charge in [0.05, 0.1) is 23.8 Å². The molecule has 2 N–H and O–H groups in total. The summed E-state index contributed by atoms with van der Waals surface area (Å²) in [6, 6.07) is 16.6. The third-order valence-electron chi connectivity index (χ3n) is 6.37. The molecule has 1 saturated carbocycles. The van der Waals surface area contributed by atoms with E-state index in [1.807, 2.05) is 30.3 Å². The highest BCUT2D eigenvalue weighted by molar-refractivity contribution is 6.07. The molecule has 1 unspecified atom stereocenters. The van der Waals surface area contributed by atoms with Crippen molar-refractivity contribution >= 4 is 17.6 Å². The minimum atomic E-state index is -4.68. The lowest BCUT2D eigenvalue weighted by atomic mass is 10.00. The van der Waals surface area contributed by atoms with Gasteiger partial charge in [0.1, 0.15) is 5.75 Å². The quantitative estimate of drug-likeness (QED) is 0.379. The second kappa shape index (κ2) is 10.0. The van der Waals surface area contributed by atoms with Gasteiger partial charge in [-0.1, -0.05) is 36.4 Å². The van der Waals surface area contributed by atoms with E-state index in [0.29, 0.717) is 41.9 Å². The molecular formula is C28H26F3NO4. The number of halogens is 3. The van der Waals surface area contributed by atoms with Crippen molar-refractivity contribution in [2.75, 3.05) is 11.9 Å². The minimum Gasteiger partial charge on any atom is -0.493 e. The Balaban J connectivity index is 1.52. The summed E-state index contributed by atoms with van der Waals surface area (Å²) >= 11 is 0. The van der Waals surface area contributed by atoms with Crippen molar-refractivity contribution in [3.8, 4) is 5.75 Å². The van der Waals surface area contributed by atoms with Crippen LogP contribution < -0.4 is 10.1 Å². The van der Waals surface area contributed by atoms with Crippen LogP contribution in [-0.4, -0.2) is 23.6 Å². The summed E-state index contributed by atoms with van der Waals surface area (Å²) in [7, 11) is 0. The summed E-state index contributed by atoms with van der Waals surface area (Å²) in [5, 5.41) is 11.6. The topological polar surface area (TPSA) is 75.6 Å². The lowest BCUT2D eigenvalue weighted by molar-refractivity contribution is -0.139. The van der Waals surface area contributed by atoms with Gasteiger partial charge in [-0.2, -0.15) is 13.2 Å². The van der Waals surface area contributed by atoms with Gasteiger partial charge >= 0.3 is 12.1 Å². The molecule has 3 aromatic rings. The van der Waals surface area contributed by atoms with E-state index >= 15 is 0 Å². The molecule has 0 aromatic heterocycles. The number of carbonyl (C=O) groups excluding carboxylic acids is 1. The van der Waals surface area contributed by atoms with E-state index in [1.165, 1.54) is 12.1 Å². The van der Waals surface area contributed by atoms with Crippen LogP contribution >= 0.6 is 0 Å². The van der Waals surface area contributed by atoms with Crippen LogP contribution in [0.5, 0.6) is 5.75 Å². The van der Waals surface area contributed by atoms with Gasteiger partial charge in [-0.15, -0.1) is 0 Å². The number of amides is 1. The Labute approximate surface area is 206 Å². The molecule has 36 heavy (non-hydrogen) atoms. The van der Waals surface area contributed by atoms with Crippen molar-refractivity contribution in [3.63, 3.8) is 0 Å². The summed E-state index contributed by atoms with van der Waals surface area (Å²) in [4.78, 5) is 24.3. The number of ether oxygens (including phenoxy) is 1. The van der Waals surface area contributed by atoms with Crippen LogP contribution in [0.3, 0.4) is 0 Å². The number of nitrogens with one attached hydrogen (secondary N) is 1. The van der Waals surface area contributed by atoms with Gasteiger partial charge in [0, 0.05) is 12.0 Å². The summed E-state index contributed by atoms with van der Waals surface area (Å²) in [6.07, 6.45) is -3.61. The Kier molecular flexibility index (Phi) is 7.06. The molecule has 1 amide bonds. The van der Waals surface area contributed by atoms with E-state index in [1.54, 1.807) is 26.0 Å². The number of rotatable bonds is 8. The molecule has 4 rings (SSSR count). The van der Waals surface area contributed by atoms with Crippen molar-refractivity contribution in [1.82, 2.24) is 0 Å². The second-order valence-electron chi connectivity index (χ2n) is 9.06. The number of aliphatic carboxylic acids is 1. The molecule has 2 atom stereocenters. The van der Waals surface area contributed by atoms with Gasteiger partial charge in [-0.25, -0.2) is 0 Å². The number of carboxylic acids is 1. The number of alkyl halides is 3. The van der Waals surface area contributed by atoms with Gasteiger partial charge in [0.15, 0.2) is 0 Å². The molecule has 0 bridgehead atoms. The lowest BCUT2D eigenvalue weighted by Crippen LogP contribution is -2.19. The fraction of sp³-hybridized carbons (Fsp3) is 0.286. The van der Waals surface area contributed by atoms with Crippen LogP contribution in [0.15, 0.2) is 60.7 Å². The lowest BCUT2D eigenvalue weighted by Gasteiger charge is -2.17. The summed E-state index contributed by atoms with van der Waals surface area (Å²) in [5.41, 5.74) is 1.62. The highest BCUT2D eigenvalue weighted by atomic mass is 19.4. The third kappa shape index (κ3) is 5.70. The van der Waals surface area contributed by atoms with Crippen molar-refractivity contribution in [2.45, 2.75) is 38.8 Å². The van der Waals surface area contributed by atoms with E-state index in [0.717, 1.165) is 11.6 Å². The highest BCUT2D eigenvalue weighted by Crippen LogP contribution is 2.49. The molecule has 3 aromatic carbocycles. The van der Waals surface area contributed by atoms with Crippen LogP contribution in [0.1, 0.15) is 50.5 Å². The van der Waals surface area contributed by atoms with Gasteiger partial charge in [0.2, 0.25) is 0 Å². The standard InChI is InChI=1S/C28H26F3NO4/c1-16-12-20(36-11-10-18-6-4-3-5-7-18)13-17(2)25(16)26(33)32-24-14-19(21-15-22(21)27(34)35)8-9-23(24)28(29,30)31/h3-9,12-14,21-22H,10-11,15H2,1-2H3,(H,32,33)(H,34,35)/t21-,22?/m0/s1. The summed E-state index contributed by atoms with van der Waals surface area (Å²) in [5.74, 6) is -2.07. The molecular weight excluding hydrogens is 471 g/mol. The molecule has 0 radical (unpaired) electrons. The zero-order chi connectivity index (χ0) is 26.0. The predicted octanol–water partition coefficient (Wildman–Crippen LogP) is 6.38. The van der Waals surface area contributed by atoms with E-state index in [-0.39, 0.29) is 17.2 Å². The van der Waals surface area contributed by atoms with Crippen molar-refractivity contribution in [3.05, 3.63) is 94.0 Å². The SMILES string of the molecule is Cc1cc(OCCc2ccccc2)cc(C)c1C(=O)Nc1cc([C@@H]2CC2C(=O)O)ccc1C(F)(F)F. The van der Waals surface area contributed by atoms with E-state index in [9.17, 15) is 22.8 Å². The number of hydrogen-bond donors (Lipinski definition) is 2. The van der Waals surface area contributed by atoms with Crippen LogP contribution in [0.2, 0.25) is 0 Å². The molecule has 1 aliphatic carbocycles. The molecule has 1 aliphatic rings. The van der Waals surface area contributed by atoms with Gasteiger partial charge in [-0.05, 0) is 72.7 Å². The van der Waals surface area contributed by atoms with Crippen LogP contribution in [0, 0.1) is 19.8 Å². The number of benzene rings is 3. The zero-order valence-corrected chi connectivity index (χ0v) is 19.9. The largest absolute Gasteiger partial charge is 0.493 e. The first-order chi connectivity index (χ1) is 17.0. The number of carbonyl (C=O) groups is 2. The maximum atomic E-state index is 13.6. The second-order valence-corrected chi connectivity index (χ2v) is 9.06. The van der Waals surface area contributed by atoms with Gasteiger partial charge in [-0.3, -0.25) is 9.59 Å². The molecule has 0 heterocycles. The zero-order valence-electron chi connectivity index (χ0n) is 19.9. The first kappa shape index (κ1) is 25.3. The molecule has 8 heteroatoms. The van der Waals surface area contributed by atoms with Crippen molar-refractivity contribution in [1.29, 1.82) is 0 Å². The van der Waals surface area contributed by atoms with Crippen molar-refractivity contribution in [2.24, 2.45) is 5.92 Å². The fourth-order valence-electron chi connectivity index (χ4n) is 4.46. The first-order valence-corrected chi connectivity index (χ1v) is 11.6. The average Bonchev–Trinajstić information content (AvgIpc) is 3.60.